The van der Waals surface area contributed by atoms with Gasteiger partial charge in [-0.3, -0.25) is 0 Å². The number of nitrogens with zero attached hydrogens (tertiary/aromatic N) is 1. The largest absolute Gasteiger partial charge is 0.240 e. The van der Waals surface area contributed by atoms with Gasteiger partial charge in [-0.25, -0.2) is 4.98 Å². The predicted molar refractivity (Wildman–Crippen MR) is 61.7 cm³/mol. The van der Waals surface area contributed by atoms with Gasteiger partial charge in [0, 0.05) is 0 Å². The van der Waals surface area contributed by atoms with Crippen molar-refractivity contribution >= 4 is 37.5 Å². The number of benzene rings is 1. The molecule has 0 aliphatic rings. The van der Waals surface area contributed by atoms with Crippen molar-refractivity contribution < 1.29 is 0 Å². The quantitative estimate of drug-likeness (QED) is 0.707. The van der Waals surface area contributed by atoms with Crippen LogP contribution in [-0.4, -0.2) is 4.98 Å². The Morgan fingerprint density at radius 2 is 2.15 bits per heavy atom. The molecule has 0 radical (unpaired) electrons. The summed E-state index contributed by atoms with van der Waals surface area (Å²) in [7, 11) is 0. The van der Waals surface area contributed by atoms with Crippen LogP contribution in [0.4, 0.5) is 0 Å². The smallest absolute Gasteiger partial charge is 0.104 e. The van der Waals surface area contributed by atoms with Gasteiger partial charge >= 0.3 is 0 Å². The van der Waals surface area contributed by atoms with Gasteiger partial charge in [0.25, 0.3) is 0 Å². The molecule has 0 N–H and O–H groups in total. The van der Waals surface area contributed by atoms with Crippen molar-refractivity contribution in [2.45, 2.75) is 19.2 Å². The molecule has 1 nitrogen and oxygen atoms in total. The SMILES string of the molecule is Cc1cc(C)c2nc(CBr)sc2c1. The Balaban J connectivity index is 2.75. The molecule has 1 aromatic heterocycles. The van der Waals surface area contributed by atoms with E-state index in [1.54, 1.807) is 11.3 Å². The molecular weight excluding hydrogens is 246 g/mol. The zero-order chi connectivity index (χ0) is 9.42. The summed E-state index contributed by atoms with van der Waals surface area (Å²) >= 11 is 5.19. The van der Waals surface area contributed by atoms with Crippen LogP contribution in [0, 0.1) is 13.8 Å². The van der Waals surface area contributed by atoms with Crippen molar-refractivity contribution in [2.75, 3.05) is 0 Å². The highest BCUT2D eigenvalue weighted by Crippen LogP contribution is 2.27. The number of aryl methyl sites for hydroxylation is 2. The Labute approximate surface area is 89.9 Å². The van der Waals surface area contributed by atoms with Crippen LogP contribution in [-0.2, 0) is 5.33 Å². The highest BCUT2D eigenvalue weighted by Gasteiger charge is 2.05. The van der Waals surface area contributed by atoms with Crippen molar-refractivity contribution in [3.05, 3.63) is 28.3 Å². The van der Waals surface area contributed by atoms with E-state index in [2.05, 4.69) is 46.9 Å². The average molecular weight is 256 g/mol. The Hall–Kier alpha value is -0.410. The van der Waals surface area contributed by atoms with Gasteiger partial charge in [0.1, 0.15) is 5.01 Å². The summed E-state index contributed by atoms with van der Waals surface area (Å²) in [4.78, 5) is 4.54. The highest BCUT2D eigenvalue weighted by atomic mass is 79.9. The van der Waals surface area contributed by atoms with Crippen molar-refractivity contribution in [1.29, 1.82) is 0 Å². The lowest BCUT2D eigenvalue weighted by Crippen LogP contribution is -1.79. The van der Waals surface area contributed by atoms with E-state index in [0.29, 0.717) is 0 Å². The molecule has 2 aromatic rings. The molecule has 0 fully saturated rings. The van der Waals surface area contributed by atoms with E-state index < -0.39 is 0 Å². The van der Waals surface area contributed by atoms with Crippen LogP contribution in [0.5, 0.6) is 0 Å². The third-order valence-electron chi connectivity index (χ3n) is 1.99. The molecule has 0 spiro atoms. The maximum Gasteiger partial charge on any atom is 0.104 e. The summed E-state index contributed by atoms with van der Waals surface area (Å²) in [5.41, 5.74) is 3.75. The topological polar surface area (TPSA) is 12.9 Å². The third kappa shape index (κ3) is 1.63. The molecule has 13 heavy (non-hydrogen) atoms. The number of hydrogen-bond acceptors (Lipinski definition) is 2. The fourth-order valence-electron chi connectivity index (χ4n) is 1.47. The minimum Gasteiger partial charge on any atom is -0.240 e. The van der Waals surface area contributed by atoms with Crippen LogP contribution in [0.3, 0.4) is 0 Å². The summed E-state index contributed by atoms with van der Waals surface area (Å²) in [6.45, 7) is 4.24. The molecule has 1 heterocycles. The molecule has 0 aliphatic carbocycles. The van der Waals surface area contributed by atoms with Crippen LogP contribution < -0.4 is 0 Å². The van der Waals surface area contributed by atoms with E-state index in [0.717, 1.165) is 15.9 Å². The van der Waals surface area contributed by atoms with Gasteiger partial charge in [0.05, 0.1) is 15.5 Å². The van der Waals surface area contributed by atoms with E-state index in [1.807, 2.05) is 0 Å². The Morgan fingerprint density at radius 3 is 2.85 bits per heavy atom. The second kappa shape index (κ2) is 3.39. The van der Waals surface area contributed by atoms with Crippen molar-refractivity contribution in [3.8, 4) is 0 Å². The molecule has 0 atom stereocenters. The summed E-state index contributed by atoms with van der Waals surface area (Å²) in [6, 6.07) is 4.38. The number of alkyl halides is 1. The number of aromatic nitrogens is 1. The monoisotopic (exact) mass is 255 g/mol. The maximum absolute atomic E-state index is 4.54. The van der Waals surface area contributed by atoms with Gasteiger partial charge in [-0.15, -0.1) is 11.3 Å². The Bertz CT molecular complexity index is 447. The average Bonchev–Trinajstić information content (AvgIpc) is 2.47. The van der Waals surface area contributed by atoms with Gasteiger partial charge in [-0.1, -0.05) is 22.0 Å². The first kappa shape index (κ1) is 9.16. The van der Waals surface area contributed by atoms with Crippen molar-refractivity contribution in [2.24, 2.45) is 0 Å². The first-order valence-corrected chi connectivity index (χ1v) is 6.07. The fraction of sp³-hybridized carbons (Fsp3) is 0.300. The molecule has 3 heteroatoms. The van der Waals surface area contributed by atoms with E-state index in [1.165, 1.54) is 15.8 Å². The second-order valence-electron chi connectivity index (χ2n) is 3.17. The van der Waals surface area contributed by atoms with E-state index in [4.69, 9.17) is 0 Å². The van der Waals surface area contributed by atoms with Gasteiger partial charge in [-0.2, -0.15) is 0 Å². The van der Waals surface area contributed by atoms with Crippen molar-refractivity contribution in [1.82, 2.24) is 4.98 Å². The molecule has 0 aliphatic heterocycles. The standard InChI is InChI=1S/C10H10BrNS/c1-6-3-7(2)10-8(4-6)13-9(5-11)12-10/h3-4H,5H2,1-2H3. The molecule has 0 unspecified atom stereocenters. The molecule has 2 rings (SSSR count). The number of rotatable bonds is 1. The van der Waals surface area contributed by atoms with Crippen LogP contribution in [0.15, 0.2) is 12.1 Å². The van der Waals surface area contributed by atoms with Gasteiger partial charge < -0.3 is 0 Å². The lowest BCUT2D eigenvalue weighted by molar-refractivity contribution is 1.30. The van der Waals surface area contributed by atoms with E-state index in [-0.39, 0.29) is 0 Å². The zero-order valence-electron chi connectivity index (χ0n) is 7.60. The molecule has 68 valence electrons. The Kier molecular flexibility index (Phi) is 2.39. The molecular formula is C10H10BrNS. The lowest BCUT2D eigenvalue weighted by atomic mass is 10.1. The van der Waals surface area contributed by atoms with Gasteiger partial charge in [0.2, 0.25) is 0 Å². The number of hydrogen-bond donors (Lipinski definition) is 0. The van der Waals surface area contributed by atoms with Gasteiger partial charge in [-0.05, 0) is 31.0 Å². The summed E-state index contributed by atoms with van der Waals surface area (Å²) in [6.07, 6.45) is 0. The summed E-state index contributed by atoms with van der Waals surface area (Å²) in [5, 5.41) is 2.01. The minimum absolute atomic E-state index is 0.852. The molecule has 0 amide bonds. The van der Waals surface area contributed by atoms with Crippen molar-refractivity contribution in [3.63, 3.8) is 0 Å². The van der Waals surface area contributed by atoms with Crippen LogP contribution in [0.25, 0.3) is 10.2 Å². The fourth-order valence-corrected chi connectivity index (χ4v) is 2.94. The zero-order valence-corrected chi connectivity index (χ0v) is 10.00. The highest BCUT2D eigenvalue weighted by molar-refractivity contribution is 9.08. The molecule has 0 saturated carbocycles. The van der Waals surface area contributed by atoms with E-state index >= 15 is 0 Å². The number of thiazole rings is 1. The maximum atomic E-state index is 4.54. The molecule has 1 aromatic carbocycles. The van der Waals surface area contributed by atoms with Crippen LogP contribution in [0.2, 0.25) is 0 Å². The van der Waals surface area contributed by atoms with Gasteiger partial charge in [0.15, 0.2) is 0 Å². The molecule has 0 saturated heterocycles. The summed E-state index contributed by atoms with van der Waals surface area (Å²) in [5.74, 6) is 0. The second-order valence-corrected chi connectivity index (χ2v) is 4.85. The first-order chi connectivity index (χ1) is 6.20. The normalized spacial score (nSPS) is 11.0. The lowest BCUT2D eigenvalue weighted by Gasteiger charge is -1.95. The molecule has 0 bridgehead atoms. The number of fused-ring (bicyclic) bond motifs is 1. The van der Waals surface area contributed by atoms with E-state index in [9.17, 15) is 0 Å². The predicted octanol–water partition coefficient (Wildman–Crippen LogP) is 3.81. The minimum atomic E-state index is 0.852. The first-order valence-electron chi connectivity index (χ1n) is 4.13. The Morgan fingerprint density at radius 1 is 1.38 bits per heavy atom. The van der Waals surface area contributed by atoms with Crippen LogP contribution in [0.1, 0.15) is 16.1 Å². The van der Waals surface area contributed by atoms with Crippen LogP contribution >= 0.6 is 27.3 Å². The number of halogens is 1. The third-order valence-corrected chi connectivity index (χ3v) is 3.89. The summed E-state index contributed by atoms with van der Waals surface area (Å²) < 4.78 is 1.30.